The Morgan fingerprint density at radius 1 is 0.463 bits per heavy atom. The third kappa shape index (κ3) is 3.82. The van der Waals surface area contributed by atoms with E-state index in [-0.39, 0.29) is 10.7 Å². The standard InChI is InChI=1S/C23H7BF15N2/c1-2-5-40-3-4-41(5)24(6-9(25)15(31)21(37)16(32)10(6)26,7-11(27)17(33)22(38)18(34)12(7)28)8-13(29)19(35)23(39)20(36)14(8)30/h3-4H,2H2,1H3/q-1. The lowest BCUT2D eigenvalue weighted by atomic mass is 9.23. The number of aryl methyl sites for hydroxylation is 1. The predicted molar refractivity (Wildman–Crippen MR) is 110 cm³/mol. The lowest BCUT2D eigenvalue weighted by Crippen LogP contribution is -2.77. The van der Waals surface area contributed by atoms with Gasteiger partial charge in [-0.1, -0.05) is 6.92 Å². The first-order valence-corrected chi connectivity index (χ1v) is 10.8. The molecule has 2 nitrogen and oxygen atoms in total. The molecule has 0 aliphatic heterocycles. The molecule has 18 heteroatoms. The molecule has 4 aromatic rings. The highest BCUT2D eigenvalue weighted by Gasteiger charge is 2.50. The Bertz CT molecular complexity index is 1500. The molecule has 0 spiro atoms. The van der Waals surface area contributed by atoms with E-state index in [1.807, 2.05) is 0 Å². The van der Waals surface area contributed by atoms with Crippen molar-refractivity contribution in [3.05, 3.63) is 105 Å². The summed E-state index contributed by atoms with van der Waals surface area (Å²) in [6, 6.07) is 0. The van der Waals surface area contributed by atoms with E-state index in [0.717, 1.165) is 6.92 Å². The van der Waals surface area contributed by atoms with Gasteiger partial charge in [0.2, 0.25) is 0 Å². The molecule has 0 aliphatic rings. The summed E-state index contributed by atoms with van der Waals surface area (Å²) in [6.07, 6.45) is -5.71. The van der Waals surface area contributed by atoms with Gasteiger partial charge in [-0.25, -0.2) is 70.8 Å². The van der Waals surface area contributed by atoms with Crippen molar-refractivity contribution in [1.82, 2.24) is 9.46 Å². The van der Waals surface area contributed by atoms with Gasteiger partial charge in [0, 0.05) is 6.20 Å². The van der Waals surface area contributed by atoms with Crippen LogP contribution in [0, 0.1) is 87.3 Å². The van der Waals surface area contributed by atoms with Crippen molar-refractivity contribution in [2.24, 2.45) is 0 Å². The number of hydrogen-bond acceptors (Lipinski definition) is 1. The molecule has 0 unspecified atom stereocenters. The first-order chi connectivity index (χ1) is 19.1. The van der Waals surface area contributed by atoms with Crippen molar-refractivity contribution in [3.63, 3.8) is 0 Å². The number of hydrogen-bond donors (Lipinski definition) is 0. The van der Waals surface area contributed by atoms with E-state index in [4.69, 9.17) is 0 Å². The number of halogens is 15. The molecule has 0 atom stereocenters. The molecule has 1 aromatic heterocycles. The van der Waals surface area contributed by atoms with Crippen LogP contribution in [0.15, 0.2) is 12.4 Å². The van der Waals surface area contributed by atoms with Gasteiger partial charge in [0.15, 0.2) is 58.6 Å². The lowest BCUT2D eigenvalue weighted by Gasteiger charge is -2.46. The van der Waals surface area contributed by atoms with Crippen molar-refractivity contribution >= 4 is 22.7 Å². The Labute approximate surface area is 217 Å². The van der Waals surface area contributed by atoms with Gasteiger partial charge in [-0.15, -0.1) is 16.4 Å². The van der Waals surface area contributed by atoms with Gasteiger partial charge in [-0.05, 0) is 12.6 Å². The Balaban J connectivity index is 2.57. The monoisotopic (exact) mass is 607 g/mol. The zero-order chi connectivity index (χ0) is 30.9. The van der Waals surface area contributed by atoms with E-state index in [1.54, 1.807) is 0 Å². The van der Waals surface area contributed by atoms with E-state index >= 15 is 26.3 Å². The maximum absolute atomic E-state index is 15.4. The second-order valence-electron chi connectivity index (χ2n) is 8.38. The summed E-state index contributed by atoms with van der Waals surface area (Å²) in [5.74, 6) is -46.7. The molecule has 0 saturated carbocycles. The van der Waals surface area contributed by atoms with Gasteiger partial charge in [-0.2, -0.15) is 0 Å². The maximum atomic E-state index is 15.4. The first-order valence-electron chi connectivity index (χ1n) is 10.8. The topological polar surface area (TPSA) is 17.8 Å². The molecular weight excluding hydrogens is 600 g/mol. The number of imidazole rings is 1. The maximum Gasteiger partial charge on any atom is 0.200 e. The second-order valence-corrected chi connectivity index (χ2v) is 8.38. The van der Waals surface area contributed by atoms with Crippen LogP contribution in [0.4, 0.5) is 65.9 Å². The molecule has 0 aliphatic carbocycles. The minimum absolute atomic E-state index is 0.186. The van der Waals surface area contributed by atoms with Crippen LogP contribution in [-0.2, 0) is 6.42 Å². The zero-order valence-electron chi connectivity index (χ0n) is 19.5. The van der Waals surface area contributed by atoms with Crippen LogP contribution >= 0.6 is 0 Å². The summed E-state index contributed by atoms with van der Waals surface area (Å²) in [6.45, 7) is 1.06. The number of benzene rings is 3. The van der Waals surface area contributed by atoms with Gasteiger partial charge >= 0.3 is 0 Å². The van der Waals surface area contributed by atoms with Crippen LogP contribution in [0.5, 0.6) is 0 Å². The Hall–Kier alpha value is -4.12. The van der Waals surface area contributed by atoms with Gasteiger partial charge in [0.05, 0.1) is 5.82 Å². The molecule has 0 N–H and O–H groups in total. The van der Waals surface area contributed by atoms with Gasteiger partial charge in [0.1, 0.15) is 34.9 Å². The largest absolute Gasteiger partial charge is 0.497 e. The summed E-state index contributed by atoms with van der Waals surface area (Å²) in [5.41, 5.74) is -8.17. The third-order valence-electron chi connectivity index (χ3n) is 6.47. The Morgan fingerprint density at radius 2 is 0.707 bits per heavy atom. The van der Waals surface area contributed by atoms with Crippen molar-refractivity contribution in [2.75, 3.05) is 0 Å². The molecule has 1 heterocycles. The average Bonchev–Trinajstić information content (AvgIpc) is 3.44. The molecular formula is C23H7BF15N2-. The zero-order valence-corrected chi connectivity index (χ0v) is 19.5. The highest BCUT2D eigenvalue weighted by atomic mass is 19.2. The van der Waals surface area contributed by atoms with Crippen molar-refractivity contribution in [2.45, 2.75) is 13.3 Å². The summed E-state index contributed by atoms with van der Waals surface area (Å²) in [4.78, 5) is 3.50. The quantitative estimate of drug-likeness (QED) is 0.135. The van der Waals surface area contributed by atoms with Crippen LogP contribution in [-0.4, -0.2) is 15.7 Å². The SMILES string of the molecule is CCc1nccn1[B-](c1c(F)c(F)c(F)c(F)c1F)(c1c(F)c(F)c(F)c(F)c1F)c1c(F)c(F)c(F)c(F)c1F. The van der Waals surface area contributed by atoms with Gasteiger partial charge in [-0.3, -0.25) is 0 Å². The third-order valence-corrected chi connectivity index (χ3v) is 6.47. The lowest BCUT2D eigenvalue weighted by molar-refractivity contribution is 0.379. The second kappa shape index (κ2) is 10.1. The summed E-state index contributed by atoms with van der Waals surface area (Å²) in [5, 5.41) is 0. The summed E-state index contributed by atoms with van der Waals surface area (Å²) in [7, 11) is 0. The number of nitrogens with zero attached hydrogens (tertiary/aromatic N) is 2. The molecule has 0 bridgehead atoms. The normalized spacial score (nSPS) is 12.0. The number of aromatic nitrogens is 2. The minimum Gasteiger partial charge on any atom is -0.497 e. The van der Waals surface area contributed by atoms with Crippen LogP contribution in [0.1, 0.15) is 12.7 Å². The molecule has 3 aromatic carbocycles. The van der Waals surface area contributed by atoms with E-state index in [9.17, 15) is 39.5 Å². The van der Waals surface area contributed by atoms with Crippen molar-refractivity contribution in [1.29, 1.82) is 0 Å². The van der Waals surface area contributed by atoms with E-state index in [2.05, 4.69) is 4.98 Å². The Kier molecular flexibility index (Phi) is 7.33. The summed E-state index contributed by atoms with van der Waals surface area (Å²) >= 11 is 0. The highest BCUT2D eigenvalue weighted by Crippen LogP contribution is 2.29. The van der Waals surface area contributed by atoms with Crippen LogP contribution < -0.4 is 16.4 Å². The Morgan fingerprint density at radius 3 is 0.951 bits per heavy atom. The van der Waals surface area contributed by atoms with Crippen LogP contribution in [0.25, 0.3) is 0 Å². The molecule has 218 valence electrons. The highest BCUT2D eigenvalue weighted by molar-refractivity contribution is 7.10. The molecule has 0 saturated heterocycles. The van der Waals surface area contributed by atoms with E-state index < -0.39 is 122 Å². The molecule has 41 heavy (non-hydrogen) atoms. The van der Waals surface area contributed by atoms with Crippen LogP contribution in [0.2, 0.25) is 0 Å². The van der Waals surface area contributed by atoms with E-state index in [0.29, 0.717) is 6.20 Å². The van der Waals surface area contributed by atoms with Crippen molar-refractivity contribution < 1.29 is 65.9 Å². The van der Waals surface area contributed by atoms with E-state index in [1.165, 1.54) is 0 Å². The first kappa shape index (κ1) is 29.9. The summed E-state index contributed by atoms with van der Waals surface area (Å²) < 4.78 is 221. The fraction of sp³-hybridized carbons (Fsp3) is 0.0870. The predicted octanol–water partition coefficient (Wildman–Crippen LogP) is 5.05. The molecule has 0 fully saturated rings. The smallest absolute Gasteiger partial charge is 0.200 e. The molecule has 0 radical (unpaired) electrons. The fourth-order valence-electron chi connectivity index (χ4n) is 4.79. The van der Waals surface area contributed by atoms with Crippen molar-refractivity contribution in [3.8, 4) is 0 Å². The van der Waals surface area contributed by atoms with Gasteiger partial charge < -0.3 is 4.48 Å². The van der Waals surface area contributed by atoms with Gasteiger partial charge in [0.25, 0.3) is 0 Å². The molecule has 4 rings (SSSR count). The van der Waals surface area contributed by atoms with Crippen LogP contribution in [0.3, 0.4) is 0 Å². The fourth-order valence-corrected chi connectivity index (χ4v) is 4.79. The minimum atomic E-state index is -5.86. The average molecular weight is 607 g/mol. The number of rotatable bonds is 5. The molecule has 0 amide bonds.